The van der Waals surface area contributed by atoms with Crippen LogP contribution in [0.15, 0.2) is 36.7 Å². The van der Waals surface area contributed by atoms with Crippen molar-refractivity contribution >= 4 is 0 Å². The number of rotatable bonds is 6. The fraction of sp³-hybridized carbons (Fsp3) is 0.438. The highest BCUT2D eigenvalue weighted by molar-refractivity contribution is 5.31. The smallest absolute Gasteiger partial charge is 0.123 e. The van der Waals surface area contributed by atoms with Crippen molar-refractivity contribution in [3.8, 4) is 5.69 Å². The van der Waals surface area contributed by atoms with Crippen LogP contribution in [-0.2, 0) is 6.54 Å². The normalized spacial score (nSPS) is 14.4. The van der Waals surface area contributed by atoms with Gasteiger partial charge in [0, 0.05) is 24.8 Å². The van der Waals surface area contributed by atoms with E-state index in [0.29, 0.717) is 13.1 Å². The van der Waals surface area contributed by atoms with Crippen LogP contribution in [0.3, 0.4) is 0 Å². The molecule has 0 saturated carbocycles. The van der Waals surface area contributed by atoms with Gasteiger partial charge in [-0.05, 0) is 37.1 Å². The van der Waals surface area contributed by atoms with Crippen molar-refractivity contribution in [2.75, 3.05) is 6.54 Å². The molecule has 0 aliphatic carbocycles. The van der Waals surface area contributed by atoms with Crippen LogP contribution >= 0.6 is 0 Å². The van der Waals surface area contributed by atoms with Crippen LogP contribution in [0.2, 0.25) is 0 Å². The quantitative estimate of drug-likeness (QED) is 0.860. The van der Waals surface area contributed by atoms with Crippen LogP contribution in [0.5, 0.6) is 0 Å². The lowest BCUT2D eigenvalue weighted by Gasteiger charge is -2.27. The first-order valence-electron chi connectivity index (χ1n) is 7.11. The first kappa shape index (κ1) is 15.7. The molecule has 0 aliphatic heterocycles. The zero-order valence-electron chi connectivity index (χ0n) is 12.7. The number of hydrogen-bond acceptors (Lipinski definition) is 3. The Morgan fingerprint density at radius 2 is 2.00 bits per heavy atom. The topological polar surface area (TPSA) is 50.1 Å². The van der Waals surface area contributed by atoms with E-state index in [1.807, 2.05) is 27.0 Å². The molecule has 0 bridgehead atoms. The number of aliphatic hydroxyl groups is 1. The maximum atomic E-state index is 12.9. The van der Waals surface area contributed by atoms with Crippen LogP contribution in [-0.4, -0.2) is 27.0 Å². The van der Waals surface area contributed by atoms with Crippen molar-refractivity contribution < 1.29 is 9.50 Å². The first-order valence-corrected chi connectivity index (χ1v) is 7.11. The molecular weight excluding hydrogens is 269 g/mol. The molecule has 0 amide bonds. The van der Waals surface area contributed by atoms with E-state index < -0.39 is 5.60 Å². The minimum absolute atomic E-state index is 0.187. The molecule has 0 fully saturated rings. The Balaban J connectivity index is 1.93. The fourth-order valence-corrected chi connectivity index (χ4v) is 1.85. The second-order valence-corrected chi connectivity index (χ2v) is 5.88. The number of halogens is 1. The number of hydrogen-bond donors (Lipinski definition) is 2. The molecule has 1 aromatic carbocycles. The van der Waals surface area contributed by atoms with Crippen molar-refractivity contribution in [1.29, 1.82) is 0 Å². The van der Waals surface area contributed by atoms with Crippen LogP contribution in [0.25, 0.3) is 5.69 Å². The summed E-state index contributed by atoms with van der Waals surface area (Å²) < 4.78 is 14.6. The third-order valence-corrected chi connectivity index (χ3v) is 3.78. The summed E-state index contributed by atoms with van der Waals surface area (Å²) in [5.41, 5.74) is 1.10. The largest absolute Gasteiger partial charge is 0.389 e. The monoisotopic (exact) mass is 291 g/mol. The summed E-state index contributed by atoms with van der Waals surface area (Å²) in [4.78, 5) is 0. The zero-order chi connectivity index (χ0) is 15.5. The van der Waals surface area contributed by atoms with Gasteiger partial charge in [-0.15, -0.1) is 0 Å². The summed E-state index contributed by atoms with van der Waals surface area (Å²) in [7, 11) is 0. The van der Waals surface area contributed by atoms with Crippen LogP contribution in [0, 0.1) is 11.7 Å². The van der Waals surface area contributed by atoms with Crippen LogP contribution in [0.1, 0.15) is 26.3 Å². The molecule has 0 radical (unpaired) electrons. The van der Waals surface area contributed by atoms with Gasteiger partial charge >= 0.3 is 0 Å². The average molecular weight is 291 g/mol. The van der Waals surface area contributed by atoms with Crippen molar-refractivity contribution in [3.63, 3.8) is 0 Å². The number of nitrogens with one attached hydrogen (secondary N) is 1. The molecule has 1 heterocycles. The van der Waals surface area contributed by atoms with E-state index in [9.17, 15) is 9.50 Å². The number of aromatic nitrogens is 2. The molecule has 1 aromatic heterocycles. The zero-order valence-corrected chi connectivity index (χ0v) is 12.7. The fourth-order valence-electron chi connectivity index (χ4n) is 1.85. The Kier molecular flexibility index (Phi) is 4.75. The summed E-state index contributed by atoms with van der Waals surface area (Å²) in [5.74, 6) is -0.0735. The van der Waals surface area contributed by atoms with Crippen molar-refractivity contribution in [3.05, 3.63) is 48.0 Å². The van der Waals surface area contributed by atoms with Crippen LogP contribution in [0.4, 0.5) is 4.39 Å². The van der Waals surface area contributed by atoms with E-state index in [4.69, 9.17) is 0 Å². The average Bonchev–Trinajstić information content (AvgIpc) is 2.88. The Labute approximate surface area is 124 Å². The van der Waals surface area contributed by atoms with E-state index in [2.05, 4.69) is 10.4 Å². The maximum Gasteiger partial charge on any atom is 0.123 e. The predicted octanol–water partition coefficient (Wildman–Crippen LogP) is 2.51. The molecule has 2 rings (SSSR count). The van der Waals surface area contributed by atoms with Gasteiger partial charge in [-0.3, -0.25) is 0 Å². The van der Waals surface area contributed by atoms with Gasteiger partial charge < -0.3 is 10.4 Å². The minimum atomic E-state index is -0.729. The molecule has 114 valence electrons. The third-order valence-electron chi connectivity index (χ3n) is 3.78. The third kappa shape index (κ3) is 4.12. The van der Waals surface area contributed by atoms with E-state index in [0.717, 1.165) is 11.3 Å². The maximum absolute atomic E-state index is 12.9. The van der Waals surface area contributed by atoms with Gasteiger partial charge in [0.05, 0.1) is 17.5 Å². The predicted molar refractivity (Wildman–Crippen MR) is 80.7 cm³/mol. The Bertz CT molecular complexity index is 575. The lowest BCUT2D eigenvalue weighted by molar-refractivity contribution is 0.0140. The number of nitrogens with zero attached hydrogens (tertiary/aromatic N) is 2. The summed E-state index contributed by atoms with van der Waals surface area (Å²) in [6, 6.07) is 6.19. The highest BCUT2D eigenvalue weighted by Crippen LogP contribution is 2.15. The van der Waals surface area contributed by atoms with Crippen molar-refractivity contribution in [2.45, 2.75) is 32.9 Å². The molecule has 0 spiro atoms. The van der Waals surface area contributed by atoms with E-state index in [1.165, 1.54) is 12.1 Å². The molecule has 4 nitrogen and oxygen atoms in total. The summed E-state index contributed by atoms with van der Waals surface area (Å²) in [5, 5.41) is 17.7. The van der Waals surface area contributed by atoms with Gasteiger partial charge in [-0.1, -0.05) is 13.8 Å². The van der Waals surface area contributed by atoms with Gasteiger partial charge in [0.1, 0.15) is 5.82 Å². The van der Waals surface area contributed by atoms with Crippen LogP contribution < -0.4 is 5.32 Å². The van der Waals surface area contributed by atoms with Gasteiger partial charge in [-0.2, -0.15) is 5.10 Å². The highest BCUT2D eigenvalue weighted by Gasteiger charge is 2.23. The Hall–Kier alpha value is -1.72. The second-order valence-electron chi connectivity index (χ2n) is 5.88. The molecule has 2 aromatic rings. The summed E-state index contributed by atoms with van der Waals surface area (Å²) >= 11 is 0. The Morgan fingerprint density at radius 3 is 2.62 bits per heavy atom. The van der Waals surface area contributed by atoms with Gasteiger partial charge in [-0.25, -0.2) is 9.07 Å². The summed E-state index contributed by atoms with van der Waals surface area (Å²) in [6.07, 6.45) is 3.66. The Morgan fingerprint density at radius 1 is 1.33 bits per heavy atom. The van der Waals surface area contributed by atoms with Crippen molar-refractivity contribution in [1.82, 2.24) is 15.1 Å². The first-order chi connectivity index (χ1) is 9.88. The van der Waals surface area contributed by atoms with E-state index in [-0.39, 0.29) is 11.7 Å². The molecule has 21 heavy (non-hydrogen) atoms. The minimum Gasteiger partial charge on any atom is -0.389 e. The molecule has 5 heteroatoms. The molecule has 2 N–H and O–H groups in total. The molecule has 0 saturated heterocycles. The SMILES string of the molecule is CC(C)C(C)(O)CNCc1cnn(-c2ccc(F)cc2)c1. The van der Waals surface area contributed by atoms with Gasteiger partial charge in [0.15, 0.2) is 0 Å². The number of benzene rings is 1. The summed E-state index contributed by atoms with van der Waals surface area (Å²) in [6.45, 7) is 6.96. The van der Waals surface area contributed by atoms with Crippen molar-refractivity contribution in [2.24, 2.45) is 5.92 Å². The molecule has 1 atom stereocenters. The molecular formula is C16H22FN3O. The van der Waals surface area contributed by atoms with E-state index >= 15 is 0 Å². The lowest BCUT2D eigenvalue weighted by atomic mass is 9.92. The van der Waals surface area contributed by atoms with Gasteiger partial charge in [0.25, 0.3) is 0 Å². The molecule has 0 aliphatic rings. The molecule has 1 unspecified atom stereocenters. The second kappa shape index (κ2) is 6.37. The van der Waals surface area contributed by atoms with Gasteiger partial charge in [0.2, 0.25) is 0 Å². The highest BCUT2D eigenvalue weighted by atomic mass is 19.1. The van der Waals surface area contributed by atoms with E-state index in [1.54, 1.807) is 23.0 Å². The standard InChI is InChI=1S/C16H22FN3O/c1-12(2)16(3,21)11-18-8-13-9-19-20(10-13)15-6-4-14(17)5-7-15/h4-7,9-10,12,18,21H,8,11H2,1-3H3. The lowest BCUT2D eigenvalue weighted by Crippen LogP contribution is -2.41.